The van der Waals surface area contributed by atoms with Crippen LogP contribution in [0.2, 0.25) is 20.1 Å². The second kappa shape index (κ2) is 8.55. The van der Waals surface area contributed by atoms with Gasteiger partial charge in [-0.2, -0.15) is 0 Å². The van der Waals surface area contributed by atoms with Crippen LogP contribution < -0.4 is 0 Å². The van der Waals surface area contributed by atoms with Crippen molar-refractivity contribution in [1.82, 2.24) is 0 Å². The Kier molecular flexibility index (Phi) is 6.72. The van der Waals surface area contributed by atoms with Gasteiger partial charge in [0.15, 0.2) is 5.78 Å². The van der Waals surface area contributed by atoms with Gasteiger partial charge in [0, 0.05) is 27.6 Å². The predicted octanol–water partition coefficient (Wildman–Crippen LogP) is 6.08. The first-order valence-electron chi connectivity index (χ1n) is 6.53. The van der Waals surface area contributed by atoms with Gasteiger partial charge in [-0.05, 0) is 30.3 Å². The van der Waals surface area contributed by atoms with Crippen molar-refractivity contribution in [2.45, 2.75) is 13.0 Å². The van der Waals surface area contributed by atoms with Crippen LogP contribution in [-0.4, -0.2) is 12.0 Å². The third-order valence-corrected chi connectivity index (χ3v) is 4.23. The molecule has 2 rings (SSSR count). The molecule has 23 heavy (non-hydrogen) atoms. The minimum Gasteiger partial charge on any atom is -0.391 e. The van der Waals surface area contributed by atoms with E-state index < -0.39 is 0 Å². The number of oxime groups is 1. The lowest BCUT2D eigenvalue weighted by molar-refractivity contribution is 0.0996. The zero-order valence-electron chi connectivity index (χ0n) is 11.7. The topological polar surface area (TPSA) is 38.7 Å². The fourth-order valence-corrected chi connectivity index (χ4v) is 2.47. The van der Waals surface area contributed by atoms with Crippen LogP contribution in [0.1, 0.15) is 22.3 Å². The molecule has 0 fully saturated rings. The Labute approximate surface area is 153 Å². The summed E-state index contributed by atoms with van der Waals surface area (Å²) >= 11 is 23.5. The molecule has 0 spiro atoms. The second-order valence-corrected chi connectivity index (χ2v) is 6.21. The quantitative estimate of drug-likeness (QED) is 0.340. The van der Waals surface area contributed by atoms with Gasteiger partial charge in [-0.15, -0.1) is 0 Å². The summed E-state index contributed by atoms with van der Waals surface area (Å²) in [6.07, 6.45) is 1.47. The summed E-state index contributed by atoms with van der Waals surface area (Å²) in [6, 6.07) is 9.80. The Morgan fingerprint density at radius 2 is 1.78 bits per heavy atom. The Morgan fingerprint density at radius 1 is 1.00 bits per heavy atom. The molecule has 7 heteroatoms. The van der Waals surface area contributed by atoms with E-state index in [0.717, 1.165) is 5.56 Å². The molecule has 2 aromatic carbocycles. The van der Waals surface area contributed by atoms with Crippen molar-refractivity contribution >= 4 is 58.4 Å². The highest BCUT2D eigenvalue weighted by molar-refractivity contribution is 6.42. The summed E-state index contributed by atoms with van der Waals surface area (Å²) in [7, 11) is 0. The minimum absolute atomic E-state index is 0.0896. The second-order valence-electron chi connectivity index (χ2n) is 4.55. The molecule has 0 radical (unpaired) electrons. The zero-order valence-corrected chi connectivity index (χ0v) is 14.8. The normalized spacial score (nSPS) is 11.0. The Morgan fingerprint density at radius 3 is 2.48 bits per heavy atom. The lowest BCUT2D eigenvalue weighted by Crippen LogP contribution is -2.00. The van der Waals surface area contributed by atoms with Gasteiger partial charge in [-0.3, -0.25) is 4.79 Å². The average Bonchev–Trinajstić information content (AvgIpc) is 2.51. The van der Waals surface area contributed by atoms with Crippen molar-refractivity contribution in [3.05, 3.63) is 67.6 Å². The largest absolute Gasteiger partial charge is 0.391 e. The van der Waals surface area contributed by atoms with Crippen LogP contribution in [0.25, 0.3) is 0 Å². The van der Waals surface area contributed by atoms with Crippen molar-refractivity contribution < 1.29 is 9.63 Å². The smallest absolute Gasteiger partial charge is 0.168 e. The van der Waals surface area contributed by atoms with E-state index in [0.29, 0.717) is 25.7 Å². The maximum absolute atomic E-state index is 11.9. The van der Waals surface area contributed by atoms with E-state index >= 15 is 0 Å². The first-order chi connectivity index (χ1) is 11.0. The molecule has 0 saturated carbocycles. The Balaban J connectivity index is 1.84. The fraction of sp³-hybridized carbons (Fsp3) is 0.125. The van der Waals surface area contributed by atoms with Crippen LogP contribution in [0.15, 0.2) is 41.6 Å². The van der Waals surface area contributed by atoms with Crippen LogP contribution in [0.4, 0.5) is 0 Å². The highest BCUT2D eigenvalue weighted by Crippen LogP contribution is 2.23. The van der Waals surface area contributed by atoms with Crippen molar-refractivity contribution in [2.75, 3.05) is 0 Å². The summed E-state index contributed by atoms with van der Waals surface area (Å²) in [4.78, 5) is 17.1. The van der Waals surface area contributed by atoms with Crippen molar-refractivity contribution in [3.8, 4) is 0 Å². The van der Waals surface area contributed by atoms with Crippen molar-refractivity contribution in [2.24, 2.45) is 5.16 Å². The molecule has 0 aliphatic heterocycles. The fourth-order valence-electron chi connectivity index (χ4n) is 1.71. The number of rotatable bonds is 6. The molecule has 0 saturated heterocycles. The highest BCUT2D eigenvalue weighted by atomic mass is 35.5. The van der Waals surface area contributed by atoms with E-state index in [4.69, 9.17) is 51.2 Å². The highest BCUT2D eigenvalue weighted by Gasteiger charge is 2.07. The molecule has 0 aromatic heterocycles. The minimum atomic E-state index is -0.138. The van der Waals surface area contributed by atoms with Gasteiger partial charge < -0.3 is 4.84 Å². The molecule has 3 nitrogen and oxygen atoms in total. The molecule has 0 aliphatic carbocycles. The molecule has 0 aliphatic rings. The number of Topliss-reactive ketones (excluding diaryl/α,β-unsaturated/α-hetero) is 1. The van der Waals surface area contributed by atoms with Crippen LogP contribution in [-0.2, 0) is 11.4 Å². The molecule has 2 aromatic rings. The van der Waals surface area contributed by atoms with E-state index in [1.807, 2.05) is 0 Å². The third-order valence-electron chi connectivity index (χ3n) is 2.90. The van der Waals surface area contributed by atoms with Gasteiger partial charge in [0.05, 0.1) is 16.3 Å². The molecular formula is C16H11Cl4NO2. The van der Waals surface area contributed by atoms with Gasteiger partial charge in [-0.1, -0.05) is 57.6 Å². The molecule has 0 atom stereocenters. The maximum Gasteiger partial charge on any atom is 0.168 e. The number of benzene rings is 2. The standard InChI is InChI=1S/C16H11Cl4NO2/c17-12-3-1-11(14(19)8-12)9-23-21-6-5-16(22)10-2-4-13(18)15(20)7-10/h1-4,6-8H,5,9H2. The van der Waals surface area contributed by atoms with Gasteiger partial charge >= 0.3 is 0 Å². The number of carbonyl (C=O) groups is 1. The van der Waals surface area contributed by atoms with Gasteiger partial charge in [0.25, 0.3) is 0 Å². The molecule has 0 amide bonds. The van der Waals surface area contributed by atoms with Gasteiger partial charge in [-0.25, -0.2) is 0 Å². The van der Waals surface area contributed by atoms with Crippen molar-refractivity contribution in [1.29, 1.82) is 0 Å². The first-order valence-corrected chi connectivity index (χ1v) is 8.04. The summed E-state index contributed by atoms with van der Waals surface area (Å²) in [5.74, 6) is -0.138. The number of halogens is 4. The number of hydrogen-bond acceptors (Lipinski definition) is 3. The molecule has 0 bridgehead atoms. The van der Waals surface area contributed by atoms with Crippen LogP contribution in [0.3, 0.4) is 0 Å². The molecule has 0 unspecified atom stereocenters. The summed E-state index contributed by atoms with van der Waals surface area (Å²) in [5, 5.41) is 5.53. The molecule has 0 heterocycles. The van der Waals surface area contributed by atoms with E-state index in [1.54, 1.807) is 30.3 Å². The predicted molar refractivity (Wildman–Crippen MR) is 95.2 cm³/mol. The number of nitrogens with zero attached hydrogens (tertiary/aromatic N) is 1. The van der Waals surface area contributed by atoms with E-state index in [9.17, 15) is 4.79 Å². The third kappa shape index (κ3) is 5.40. The lowest BCUT2D eigenvalue weighted by Gasteiger charge is -2.03. The van der Waals surface area contributed by atoms with Crippen molar-refractivity contribution in [3.63, 3.8) is 0 Å². The summed E-state index contributed by atoms with van der Waals surface area (Å²) in [6.45, 7) is 0.188. The lowest BCUT2D eigenvalue weighted by atomic mass is 10.1. The Bertz CT molecular complexity index is 747. The monoisotopic (exact) mass is 389 g/mol. The average molecular weight is 391 g/mol. The van der Waals surface area contributed by atoms with E-state index in [-0.39, 0.29) is 18.8 Å². The molecular weight excluding hydrogens is 380 g/mol. The van der Waals surface area contributed by atoms with Crippen LogP contribution in [0.5, 0.6) is 0 Å². The number of ketones is 1. The summed E-state index contributed by atoms with van der Waals surface area (Å²) in [5.41, 5.74) is 1.22. The number of hydrogen-bond donors (Lipinski definition) is 0. The number of carbonyl (C=O) groups excluding carboxylic acids is 1. The van der Waals surface area contributed by atoms with E-state index in [2.05, 4.69) is 5.16 Å². The Hall–Kier alpha value is -1.26. The summed E-state index contributed by atoms with van der Waals surface area (Å²) < 4.78 is 0. The zero-order chi connectivity index (χ0) is 16.8. The maximum atomic E-state index is 11.9. The molecule has 0 N–H and O–H groups in total. The van der Waals surface area contributed by atoms with Crippen LogP contribution in [0, 0.1) is 0 Å². The molecule has 120 valence electrons. The van der Waals surface area contributed by atoms with Crippen LogP contribution >= 0.6 is 46.4 Å². The van der Waals surface area contributed by atoms with E-state index in [1.165, 1.54) is 12.3 Å². The SMILES string of the molecule is O=C(CC=NOCc1ccc(Cl)cc1Cl)c1ccc(Cl)c(Cl)c1. The van der Waals surface area contributed by atoms with Gasteiger partial charge in [0.1, 0.15) is 6.61 Å². The first kappa shape index (κ1) is 18.1. The van der Waals surface area contributed by atoms with Gasteiger partial charge in [0.2, 0.25) is 0 Å².